The van der Waals surface area contributed by atoms with Crippen molar-refractivity contribution in [1.82, 2.24) is 4.98 Å². The lowest BCUT2D eigenvalue weighted by Crippen LogP contribution is -2.07. The van der Waals surface area contributed by atoms with E-state index in [2.05, 4.69) is 22.3 Å². The fourth-order valence-corrected chi connectivity index (χ4v) is 4.78. The summed E-state index contributed by atoms with van der Waals surface area (Å²) in [6.45, 7) is 5.58. The molecule has 1 atom stereocenters. The van der Waals surface area contributed by atoms with Gasteiger partial charge in [0.25, 0.3) is 0 Å². The minimum Gasteiger partial charge on any atom is -0.505 e. The first-order chi connectivity index (χ1) is 15.6. The van der Waals surface area contributed by atoms with Crippen LogP contribution in [0.5, 0.6) is 5.75 Å². The number of hydrogen-bond acceptors (Lipinski definition) is 5. The molecule has 4 aromatic rings. The van der Waals surface area contributed by atoms with Gasteiger partial charge in [-0.3, -0.25) is 0 Å². The number of nitrogen functional groups attached to an aromatic ring is 1. The molecule has 0 aliphatic heterocycles. The first-order valence-electron chi connectivity index (χ1n) is 9.86. The van der Waals surface area contributed by atoms with Crippen LogP contribution in [0.15, 0.2) is 64.4 Å². The predicted molar refractivity (Wildman–Crippen MR) is 142 cm³/mol. The largest absolute Gasteiger partial charge is 0.505 e. The van der Waals surface area contributed by atoms with Gasteiger partial charge < -0.3 is 15.6 Å². The van der Waals surface area contributed by atoms with Crippen molar-refractivity contribution in [3.05, 3.63) is 81.5 Å². The number of aryl methyl sites for hydroxylation is 1. The van der Waals surface area contributed by atoms with Crippen molar-refractivity contribution < 1.29 is 9.32 Å². The van der Waals surface area contributed by atoms with Gasteiger partial charge in [-0.2, -0.15) is 0 Å². The van der Waals surface area contributed by atoms with Gasteiger partial charge in [0.1, 0.15) is 5.52 Å². The molecule has 0 amide bonds. The van der Waals surface area contributed by atoms with Crippen LogP contribution in [0.4, 0.5) is 11.4 Å². The Bertz CT molecular complexity index is 1340. The molecular formula is C24H23Cl2N3O2S2. The van der Waals surface area contributed by atoms with Gasteiger partial charge in [-0.1, -0.05) is 35.3 Å². The Kier molecular flexibility index (Phi) is 8.13. The fraction of sp³-hybridized carbons (Fsp3) is 0.125. The molecule has 1 aromatic heterocycles. The number of fused-ring (bicyclic) bond motifs is 1. The monoisotopic (exact) mass is 519 g/mol. The number of phenolic OH excluding ortho intramolecular Hbond substituents is 1. The predicted octanol–water partition coefficient (Wildman–Crippen LogP) is 6.86. The molecule has 5 nitrogen and oxygen atoms in total. The number of halogens is 2. The number of anilines is 2. The van der Waals surface area contributed by atoms with Crippen LogP contribution >= 0.6 is 35.8 Å². The van der Waals surface area contributed by atoms with Gasteiger partial charge in [0.2, 0.25) is 0 Å². The Morgan fingerprint density at radius 3 is 2.27 bits per heavy atom. The van der Waals surface area contributed by atoms with Crippen molar-refractivity contribution in [1.29, 1.82) is 0 Å². The van der Waals surface area contributed by atoms with Gasteiger partial charge in [0.15, 0.2) is 16.7 Å². The van der Waals surface area contributed by atoms with Gasteiger partial charge in [-0.25, -0.2) is 9.19 Å². The summed E-state index contributed by atoms with van der Waals surface area (Å²) in [6, 6.07) is 16.1. The molecule has 0 saturated heterocycles. The van der Waals surface area contributed by atoms with Crippen LogP contribution in [0, 0.1) is 20.8 Å². The second-order valence-electron chi connectivity index (χ2n) is 7.33. The molecule has 4 N–H and O–H groups in total. The topological polar surface area (TPSA) is 88.2 Å². The number of thiol groups is 1. The Balaban J connectivity index is 0.000000286. The van der Waals surface area contributed by atoms with E-state index in [-0.39, 0.29) is 5.75 Å². The maximum absolute atomic E-state index is 12.9. The molecule has 3 aromatic carbocycles. The van der Waals surface area contributed by atoms with Crippen LogP contribution in [0.3, 0.4) is 0 Å². The summed E-state index contributed by atoms with van der Waals surface area (Å²) in [7, 11) is -1.56. The van der Waals surface area contributed by atoms with E-state index in [1.807, 2.05) is 51.1 Å². The Morgan fingerprint density at radius 1 is 1.00 bits per heavy atom. The van der Waals surface area contributed by atoms with E-state index in [0.29, 0.717) is 31.4 Å². The highest BCUT2D eigenvalue weighted by molar-refractivity contribution is 7.86. The zero-order valence-corrected chi connectivity index (χ0v) is 21.4. The lowest BCUT2D eigenvalue weighted by atomic mass is 10.2. The van der Waals surface area contributed by atoms with E-state index < -0.39 is 11.0 Å². The molecule has 1 unspecified atom stereocenters. The normalized spacial score (nSPS) is 11.6. The number of rotatable bonds is 3. The van der Waals surface area contributed by atoms with Gasteiger partial charge in [-0.05, 0) is 74.4 Å². The molecule has 172 valence electrons. The average Bonchev–Trinajstić information content (AvgIpc) is 2.78. The van der Waals surface area contributed by atoms with E-state index in [1.54, 1.807) is 24.3 Å². The molecule has 1 heterocycles. The smallest absolute Gasteiger partial charge is 0.155 e. The van der Waals surface area contributed by atoms with Crippen LogP contribution in [0.2, 0.25) is 10.0 Å². The second kappa shape index (κ2) is 10.7. The summed E-state index contributed by atoms with van der Waals surface area (Å²) in [5.74, 6) is -0.0169. The summed E-state index contributed by atoms with van der Waals surface area (Å²) in [5, 5.41) is 12.1. The number of aromatic hydroxyl groups is 1. The van der Waals surface area contributed by atoms with Crippen molar-refractivity contribution in [2.75, 3.05) is 10.5 Å². The fourth-order valence-electron chi connectivity index (χ4n) is 2.98. The Labute approximate surface area is 211 Å². The zero-order chi connectivity index (χ0) is 24.3. The summed E-state index contributed by atoms with van der Waals surface area (Å²) in [6.07, 6.45) is 0. The van der Waals surface area contributed by atoms with Crippen LogP contribution in [-0.2, 0) is 11.0 Å². The highest BCUT2D eigenvalue weighted by Crippen LogP contribution is 2.35. The quantitative estimate of drug-likeness (QED) is 0.175. The number of hydrogen-bond donors (Lipinski definition) is 4. The average molecular weight is 521 g/mol. The summed E-state index contributed by atoms with van der Waals surface area (Å²) >= 11 is 16.1. The number of nitrogens with one attached hydrogen (secondary N) is 1. The van der Waals surface area contributed by atoms with Crippen LogP contribution in [0.1, 0.15) is 16.8 Å². The summed E-state index contributed by atoms with van der Waals surface area (Å²) in [4.78, 5) is 5.16. The van der Waals surface area contributed by atoms with Gasteiger partial charge in [-0.15, -0.1) is 12.6 Å². The zero-order valence-electron chi connectivity index (χ0n) is 18.2. The number of aromatic nitrogens is 1. The molecule has 0 aliphatic rings. The van der Waals surface area contributed by atoms with Crippen molar-refractivity contribution in [2.24, 2.45) is 0 Å². The third-order valence-corrected chi connectivity index (χ3v) is 7.32. The first kappa shape index (κ1) is 25.2. The third kappa shape index (κ3) is 5.73. The van der Waals surface area contributed by atoms with Crippen molar-refractivity contribution in [3.63, 3.8) is 0 Å². The van der Waals surface area contributed by atoms with Crippen LogP contribution < -0.4 is 10.5 Å². The van der Waals surface area contributed by atoms with Crippen molar-refractivity contribution in [2.45, 2.75) is 30.6 Å². The third-order valence-electron chi connectivity index (χ3n) is 5.01. The van der Waals surface area contributed by atoms with Gasteiger partial charge in [0, 0.05) is 31.7 Å². The lowest BCUT2D eigenvalue weighted by molar-refractivity contribution is 0.467. The molecule has 33 heavy (non-hydrogen) atoms. The number of nitrogens with zero attached hydrogens (tertiary/aromatic N) is 1. The van der Waals surface area contributed by atoms with Crippen LogP contribution in [-0.4, -0.2) is 14.3 Å². The minimum absolute atomic E-state index is 0.0169. The highest BCUT2D eigenvalue weighted by atomic mass is 35.5. The maximum atomic E-state index is 12.9. The molecule has 0 aliphatic carbocycles. The molecule has 4 rings (SSSR count). The minimum atomic E-state index is -1.56. The molecule has 9 heteroatoms. The highest BCUT2D eigenvalue weighted by Gasteiger charge is 2.16. The standard InChI is InChI=1S/C17H15ClN2O2S2.C7H8ClN/c1-9-6-7-11-15(8-14(23)17(21)16(11)19-9)24(22)20-13-5-3-4-12(18)10(13)2;1-5-6(8)3-2-4-7(5)9/h3-8,20-21,23H,1-2H3;2-4H,9H2,1H3. The van der Waals surface area contributed by atoms with E-state index in [0.717, 1.165) is 27.5 Å². The number of phenols is 1. The van der Waals surface area contributed by atoms with E-state index in [9.17, 15) is 9.32 Å². The maximum Gasteiger partial charge on any atom is 0.155 e. The number of nitrogens with two attached hydrogens (primary N) is 1. The molecular weight excluding hydrogens is 497 g/mol. The summed E-state index contributed by atoms with van der Waals surface area (Å²) in [5.41, 5.74) is 9.89. The van der Waals surface area contributed by atoms with Crippen molar-refractivity contribution in [3.8, 4) is 5.75 Å². The lowest BCUT2D eigenvalue weighted by Gasteiger charge is -2.13. The van der Waals surface area contributed by atoms with Crippen LogP contribution in [0.25, 0.3) is 10.9 Å². The molecule has 0 spiro atoms. The van der Waals surface area contributed by atoms with E-state index in [4.69, 9.17) is 28.9 Å². The summed E-state index contributed by atoms with van der Waals surface area (Å²) < 4.78 is 15.8. The van der Waals surface area contributed by atoms with Gasteiger partial charge in [0.05, 0.1) is 10.6 Å². The number of benzene rings is 3. The molecule has 0 radical (unpaired) electrons. The van der Waals surface area contributed by atoms with E-state index >= 15 is 0 Å². The van der Waals surface area contributed by atoms with Crippen molar-refractivity contribution >= 4 is 69.1 Å². The van der Waals surface area contributed by atoms with E-state index in [1.165, 1.54) is 0 Å². The SMILES string of the molecule is Cc1c(N)cccc1Cl.Cc1ccc2c(S(=O)Nc3cccc(Cl)c3C)cc(S)c(O)c2n1. The first-order valence-corrected chi connectivity index (χ1v) is 12.2. The Hall–Kier alpha value is -2.45. The number of pyridine rings is 1. The molecule has 0 fully saturated rings. The second-order valence-corrected chi connectivity index (χ2v) is 9.81. The molecule has 0 bridgehead atoms. The van der Waals surface area contributed by atoms with Gasteiger partial charge >= 0.3 is 0 Å². The molecule has 0 saturated carbocycles. The Morgan fingerprint density at radius 2 is 1.64 bits per heavy atom.